The highest BCUT2D eigenvalue weighted by Gasteiger charge is 2.09. The average molecular weight is 220 g/mol. The molecule has 0 unspecified atom stereocenters. The second kappa shape index (κ2) is 5.87. The molecule has 1 heterocycles. The smallest absolute Gasteiger partial charge is 0.119 e. The molecule has 0 aliphatic carbocycles. The zero-order chi connectivity index (χ0) is 11.2. The normalized spacial score (nSPS) is 17.3. The van der Waals surface area contributed by atoms with E-state index in [0.29, 0.717) is 0 Å². The Balaban J connectivity index is 1.69. The van der Waals surface area contributed by atoms with E-state index < -0.39 is 0 Å². The summed E-state index contributed by atoms with van der Waals surface area (Å²) in [5.74, 6) is 0.917. The van der Waals surface area contributed by atoms with E-state index in [-0.39, 0.29) is 0 Å². The van der Waals surface area contributed by atoms with Gasteiger partial charge in [0.05, 0.1) is 13.2 Å². The first-order valence-electron chi connectivity index (χ1n) is 5.69. The first kappa shape index (κ1) is 11.4. The quantitative estimate of drug-likeness (QED) is 0.769. The van der Waals surface area contributed by atoms with Crippen LogP contribution in [0.4, 0.5) is 0 Å². The molecule has 0 bridgehead atoms. The topological polar surface area (TPSA) is 21.7 Å². The Morgan fingerprint density at radius 1 is 1.19 bits per heavy atom. The van der Waals surface area contributed by atoms with Crippen molar-refractivity contribution in [3.05, 3.63) is 36.8 Å². The Bertz CT molecular complexity index is 304. The standard InChI is InChI=1S/C13H18NO2/c1-12-2-4-13(5-3-12)16-11-8-14-6-9-15-10-7-14/h2-5H,1,6-11H2. The van der Waals surface area contributed by atoms with Crippen molar-refractivity contribution in [1.82, 2.24) is 4.90 Å². The fourth-order valence-corrected chi connectivity index (χ4v) is 1.70. The number of rotatable bonds is 4. The van der Waals surface area contributed by atoms with Crippen LogP contribution >= 0.6 is 0 Å². The Hall–Kier alpha value is -1.06. The molecule has 3 nitrogen and oxygen atoms in total. The summed E-state index contributed by atoms with van der Waals surface area (Å²) < 4.78 is 10.9. The highest BCUT2D eigenvalue weighted by molar-refractivity contribution is 5.28. The van der Waals surface area contributed by atoms with Gasteiger partial charge in [-0.25, -0.2) is 0 Å². The molecule has 1 aliphatic heterocycles. The summed E-state index contributed by atoms with van der Waals surface area (Å²) in [6.45, 7) is 9.26. The average Bonchev–Trinajstić information content (AvgIpc) is 2.33. The molecule has 1 fully saturated rings. The Kier molecular flexibility index (Phi) is 4.19. The number of benzene rings is 1. The fraction of sp³-hybridized carbons (Fsp3) is 0.462. The lowest BCUT2D eigenvalue weighted by Gasteiger charge is -2.26. The van der Waals surface area contributed by atoms with Crippen LogP contribution in [0.1, 0.15) is 5.56 Å². The molecule has 1 saturated heterocycles. The molecule has 0 aromatic heterocycles. The summed E-state index contributed by atoms with van der Waals surface area (Å²) in [5.41, 5.74) is 1.01. The Morgan fingerprint density at radius 2 is 1.88 bits per heavy atom. The number of hydrogen-bond acceptors (Lipinski definition) is 3. The van der Waals surface area contributed by atoms with Gasteiger partial charge in [-0.1, -0.05) is 12.1 Å². The predicted molar refractivity (Wildman–Crippen MR) is 63.7 cm³/mol. The van der Waals surface area contributed by atoms with E-state index in [0.717, 1.165) is 50.8 Å². The molecular formula is C13H18NO2. The van der Waals surface area contributed by atoms with Crippen LogP contribution in [0.5, 0.6) is 5.75 Å². The van der Waals surface area contributed by atoms with Crippen molar-refractivity contribution in [1.29, 1.82) is 0 Å². The van der Waals surface area contributed by atoms with Crippen molar-refractivity contribution in [3.63, 3.8) is 0 Å². The molecule has 1 aliphatic rings. The maximum atomic E-state index is 5.65. The van der Waals surface area contributed by atoms with Crippen LogP contribution in [-0.4, -0.2) is 44.4 Å². The summed E-state index contributed by atoms with van der Waals surface area (Å²) in [4.78, 5) is 2.36. The molecule has 1 aromatic carbocycles. The summed E-state index contributed by atoms with van der Waals surface area (Å²) >= 11 is 0. The second-order valence-corrected chi connectivity index (χ2v) is 3.95. The van der Waals surface area contributed by atoms with Crippen LogP contribution in [0.2, 0.25) is 0 Å². The minimum absolute atomic E-state index is 0.733. The van der Waals surface area contributed by atoms with Gasteiger partial charge in [-0.05, 0) is 24.6 Å². The van der Waals surface area contributed by atoms with E-state index in [4.69, 9.17) is 9.47 Å². The van der Waals surface area contributed by atoms with Gasteiger partial charge in [0.15, 0.2) is 0 Å². The van der Waals surface area contributed by atoms with E-state index in [2.05, 4.69) is 11.8 Å². The van der Waals surface area contributed by atoms with Crippen LogP contribution in [0.25, 0.3) is 0 Å². The first-order valence-corrected chi connectivity index (χ1v) is 5.69. The summed E-state index contributed by atoms with van der Waals surface area (Å²) in [5, 5.41) is 0. The van der Waals surface area contributed by atoms with Gasteiger partial charge in [0.25, 0.3) is 0 Å². The van der Waals surface area contributed by atoms with Crippen LogP contribution in [0.3, 0.4) is 0 Å². The van der Waals surface area contributed by atoms with Gasteiger partial charge in [0.2, 0.25) is 0 Å². The second-order valence-electron chi connectivity index (χ2n) is 3.95. The Morgan fingerprint density at radius 3 is 2.56 bits per heavy atom. The molecule has 0 saturated carbocycles. The van der Waals surface area contributed by atoms with E-state index in [1.807, 2.05) is 24.3 Å². The SMILES string of the molecule is [CH2]c1ccc(OCCN2CCOCC2)cc1. The molecule has 1 aromatic rings. The van der Waals surface area contributed by atoms with E-state index in [9.17, 15) is 0 Å². The monoisotopic (exact) mass is 220 g/mol. The summed E-state index contributed by atoms with van der Waals surface area (Å²) in [7, 11) is 0. The van der Waals surface area contributed by atoms with Crippen molar-refractivity contribution in [2.75, 3.05) is 39.5 Å². The van der Waals surface area contributed by atoms with Crippen LogP contribution < -0.4 is 4.74 Å². The Labute approximate surface area is 97.0 Å². The van der Waals surface area contributed by atoms with Crippen LogP contribution in [0, 0.1) is 6.92 Å². The van der Waals surface area contributed by atoms with Crippen molar-refractivity contribution in [2.45, 2.75) is 0 Å². The van der Waals surface area contributed by atoms with Gasteiger partial charge in [0.1, 0.15) is 12.4 Å². The summed E-state index contributed by atoms with van der Waals surface area (Å²) in [6, 6.07) is 7.84. The van der Waals surface area contributed by atoms with Crippen molar-refractivity contribution < 1.29 is 9.47 Å². The highest BCUT2D eigenvalue weighted by atomic mass is 16.5. The number of morpholine rings is 1. The highest BCUT2D eigenvalue weighted by Crippen LogP contribution is 2.11. The van der Waals surface area contributed by atoms with E-state index in [1.54, 1.807) is 0 Å². The molecule has 0 amide bonds. The molecule has 16 heavy (non-hydrogen) atoms. The van der Waals surface area contributed by atoms with Gasteiger partial charge in [-0.2, -0.15) is 0 Å². The molecule has 0 atom stereocenters. The lowest BCUT2D eigenvalue weighted by Crippen LogP contribution is -2.38. The van der Waals surface area contributed by atoms with Gasteiger partial charge >= 0.3 is 0 Å². The lowest BCUT2D eigenvalue weighted by molar-refractivity contribution is 0.0322. The fourth-order valence-electron chi connectivity index (χ4n) is 1.70. The van der Waals surface area contributed by atoms with E-state index in [1.165, 1.54) is 0 Å². The zero-order valence-electron chi connectivity index (χ0n) is 9.52. The van der Waals surface area contributed by atoms with Crippen molar-refractivity contribution in [3.8, 4) is 5.75 Å². The van der Waals surface area contributed by atoms with Crippen molar-refractivity contribution >= 4 is 0 Å². The van der Waals surface area contributed by atoms with Gasteiger partial charge < -0.3 is 9.47 Å². The number of hydrogen-bond donors (Lipinski definition) is 0. The van der Waals surface area contributed by atoms with Crippen LogP contribution in [-0.2, 0) is 4.74 Å². The first-order chi connectivity index (χ1) is 7.84. The zero-order valence-corrected chi connectivity index (χ0v) is 9.52. The van der Waals surface area contributed by atoms with Gasteiger partial charge in [0, 0.05) is 19.6 Å². The third-order valence-corrected chi connectivity index (χ3v) is 2.70. The molecule has 0 spiro atoms. The van der Waals surface area contributed by atoms with Gasteiger partial charge in [-0.3, -0.25) is 4.90 Å². The van der Waals surface area contributed by atoms with E-state index >= 15 is 0 Å². The largest absolute Gasteiger partial charge is 0.492 e. The molecule has 3 heteroatoms. The minimum Gasteiger partial charge on any atom is -0.492 e. The number of nitrogens with zero attached hydrogens (tertiary/aromatic N) is 1. The van der Waals surface area contributed by atoms with Crippen molar-refractivity contribution in [2.24, 2.45) is 0 Å². The molecule has 2 rings (SSSR count). The van der Waals surface area contributed by atoms with Gasteiger partial charge in [-0.15, -0.1) is 0 Å². The lowest BCUT2D eigenvalue weighted by atomic mass is 10.2. The summed E-state index contributed by atoms with van der Waals surface area (Å²) in [6.07, 6.45) is 0. The maximum Gasteiger partial charge on any atom is 0.119 e. The maximum absolute atomic E-state index is 5.65. The molecule has 1 radical (unpaired) electrons. The minimum atomic E-state index is 0.733. The molecular weight excluding hydrogens is 202 g/mol. The predicted octanol–water partition coefficient (Wildman–Crippen LogP) is 1.58. The third kappa shape index (κ3) is 3.51. The molecule has 0 N–H and O–H groups in total. The third-order valence-electron chi connectivity index (χ3n) is 2.70. The van der Waals surface area contributed by atoms with Crippen LogP contribution in [0.15, 0.2) is 24.3 Å². The number of ether oxygens (including phenoxy) is 2. The molecule has 87 valence electrons.